The summed E-state index contributed by atoms with van der Waals surface area (Å²) < 4.78 is 0. The summed E-state index contributed by atoms with van der Waals surface area (Å²) >= 11 is 0. The molecule has 0 unspecified atom stereocenters. The van der Waals surface area contributed by atoms with E-state index >= 15 is 0 Å². The summed E-state index contributed by atoms with van der Waals surface area (Å²) in [6.07, 6.45) is 4.51. The molecular formula is C52H46N2. The molecule has 0 saturated heterocycles. The molecule has 2 nitrogen and oxygen atoms in total. The Hall–Kier alpha value is -5.86. The van der Waals surface area contributed by atoms with Gasteiger partial charge in [-0.05, 0) is 168 Å². The quantitative estimate of drug-likeness (QED) is 0.171. The normalized spacial score (nSPS) is 17.2. The second kappa shape index (κ2) is 12.4. The van der Waals surface area contributed by atoms with E-state index in [2.05, 4.69) is 195 Å². The molecule has 0 aliphatic heterocycles. The minimum Gasteiger partial charge on any atom is -0.310 e. The Bertz CT molecular complexity index is 2510. The molecule has 0 bridgehead atoms. The van der Waals surface area contributed by atoms with E-state index in [0.717, 1.165) is 25.7 Å². The van der Waals surface area contributed by atoms with Gasteiger partial charge in [-0.1, -0.05) is 98.8 Å². The Kier molecular flexibility index (Phi) is 7.49. The molecule has 0 radical (unpaired) electrons. The summed E-state index contributed by atoms with van der Waals surface area (Å²) in [7, 11) is 0. The predicted molar refractivity (Wildman–Crippen MR) is 227 cm³/mol. The molecule has 54 heavy (non-hydrogen) atoms. The van der Waals surface area contributed by atoms with E-state index in [1.165, 1.54) is 89.8 Å². The maximum absolute atomic E-state index is 2.56. The largest absolute Gasteiger partial charge is 0.310 e. The van der Waals surface area contributed by atoms with Crippen molar-refractivity contribution in [1.82, 2.24) is 0 Å². The van der Waals surface area contributed by atoms with Gasteiger partial charge in [0.05, 0.1) is 0 Å². The molecule has 0 saturated carbocycles. The fourth-order valence-electron chi connectivity index (χ4n) is 10.2. The maximum atomic E-state index is 2.56. The summed E-state index contributed by atoms with van der Waals surface area (Å²) in [5.41, 5.74) is 21.4. The highest BCUT2D eigenvalue weighted by Crippen LogP contribution is 2.56. The van der Waals surface area contributed by atoms with E-state index in [1.54, 1.807) is 0 Å². The van der Waals surface area contributed by atoms with Crippen LogP contribution in [-0.4, -0.2) is 0 Å². The van der Waals surface area contributed by atoms with E-state index in [9.17, 15) is 0 Å². The third-order valence-electron chi connectivity index (χ3n) is 12.9. The molecule has 1 atom stereocenters. The minimum atomic E-state index is -0.0812. The van der Waals surface area contributed by atoms with E-state index in [0.29, 0.717) is 0 Å². The van der Waals surface area contributed by atoms with E-state index < -0.39 is 0 Å². The van der Waals surface area contributed by atoms with E-state index in [-0.39, 0.29) is 10.8 Å². The van der Waals surface area contributed by atoms with Crippen LogP contribution in [0.3, 0.4) is 0 Å². The molecule has 0 N–H and O–H groups in total. The van der Waals surface area contributed by atoms with E-state index in [4.69, 9.17) is 0 Å². The summed E-state index contributed by atoms with van der Waals surface area (Å²) in [6.45, 7) is 9.34. The van der Waals surface area contributed by atoms with Crippen LogP contribution in [0.4, 0.5) is 34.1 Å². The van der Waals surface area contributed by atoms with Crippen molar-refractivity contribution in [3.05, 3.63) is 202 Å². The maximum Gasteiger partial charge on any atom is 0.0494 e. The van der Waals surface area contributed by atoms with Gasteiger partial charge >= 0.3 is 0 Å². The van der Waals surface area contributed by atoms with Crippen LogP contribution >= 0.6 is 0 Å². The molecule has 10 rings (SSSR count). The smallest absolute Gasteiger partial charge is 0.0494 e. The van der Waals surface area contributed by atoms with Crippen LogP contribution in [0, 0.1) is 13.8 Å². The highest BCUT2D eigenvalue weighted by Gasteiger charge is 2.45. The van der Waals surface area contributed by atoms with Crippen LogP contribution in [0.1, 0.15) is 71.2 Å². The molecule has 2 heteroatoms. The van der Waals surface area contributed by atoms with Crippen molar-refractivity contribution in [3.63, 3.8) is 0 Å². The number of nitrogens with zero attached hydrogens (tertiary/aromatic N) is 2. The number of para-hydroxylation sites is 3. The second-order valence-electron chi connectivity index (χ2n) is 16.2. The summed E-state index contributed by atoms with van der Waals surface area (Å²) in [4.78, 5) is 4.93. The average molecular weight is 699 g/mol. The van der Waals surface area contributed by atoms with Crippen LogP contribution in [0.5, 0.6) is 0 Å². The SMILES string of the molecule is Cc1cc2c(cc1N(c1ccccc1)c1ccc3c(c1)[C@]1(CCc4ccc(N(c5ccccc5)c5ccccc5)cc41)CC3)C(C)(C)c1cccc(C)c1-2. The zero-order valence-electron chi connectivity index (χ0n) is 31.7. The lowest BCUT2D eigenvalue weighted by Crippen LogP contribution is -2.22. The highest BCUT2D eigenvalue weighted by molar-refractivity contribution is 5.89. The van der Waals surface area contributed by atoms with Gasteiger partial charge < -0.3 is 9.80 Å². The summed E-state index contributed by atoms with van der Waals surface area (Å²) in [5, 5.41) is 0. The van der Waals surface area contributed by atoms with Gasteiger partial charge in [-0.15, -0.1) is 0 Å². The number of anilines is 6. The van der Waals surface area contributed by atoms with E-state index in [1.807, 2.05) is 0 Å². The Morgan fingerprint density at radius 2 is 0.944 bits per heavy atom. The Morgan fingerprint density at radius 3 is 1.50 bits per heavy atom. The molecular weight excluding hydrogens is 653 g/mol. The van der Waals surface area contributed by atoms with Crippen molar-refractivity contribution < 1.29 is 0 Å². The number of benzene rings is 7. The number of fused-ring (bicyclic) bond motifs is 7. The topological polar surface area (TPSA) is 6.48 Å². The number of hydrogen-bond acceptors (Lipinski definition) is 2. The van der Waals surface area contributed by atoms with Crippen molar-refractivity contribution >= 4 is 34.1 Å². The van der Waals surface area contributed by atoms with Crippen LogP contribution in [0.2, 0.25) is 0 Å². The van der Waals surface area contributed by atoms with Gasteiger partial charge in [0.25, 0.3) is 0 Å². The Morgan fingerprint density at radius 1 is 0.426 bits per heavy atom. The molecule has 0 fully saturated rings. The minimum absolute atomic E-state index is 0.00771. The molecule has 3 aliphatic rings. The molecule has 1 spiro atoms. The fourth-order valence-corrected chi connectivity index (χ4v) is 10.2. The van der Waals surface area contributed by atoms with Gasteiger partial charge in [-0.2, -0.15) is 0 Å². The summed E-state index contributed by atoms with van der Waals surface area (Å²) in [6, 6.07) is 59.0. The second-order valence-corrected chi connectivity index (χ2v) is 16.2. The first-order valence-corrected chi connectivity index (χ1v) is 19.6. The molecule has 0 aromatic heterocycles. The number of aryl methyl sites for hydroxylation is 4. The van der Waals surface area contributed by atoms with Crippen molar-refractivity contribution in [3.8, 4) is 11.1 Å². The monoisotopic (exact) mass is 698 g/mol. The standard InChI is InChI=1S/C52H46N2/c1-35-15-14-22-45-50(35)44-31-36(2)49(34-48(44)51(45,3)4)54(41-20-12-7-13-21-41)43-26-24-38-28-30-52(47(38)33-43)29-27-37-23-25-42(32-46(37)52)53(39-16-8-5-9-17-39)40-18-10-6-11-19-40/h5-26,31-34H,27-30H2,1-4H3/t52-/m1/s1. The number of hydrogen-bond donors (Lipinski definition) is 0. The lowest BCUT2D eigenvalue weighted by Gasteiger charge is -2.32. The molecule has 7 aromatic rings. The summed E-state index contributed by atoms with van der Waals surface area (Å²) in [5.74, 6) is 0. The van der Waals surface area contributed by atoms with Gasteiger partial charge in [0.15, 0.2) is 0 Å². The van der Waals surface area contributed by atoms with Crippen molar-refractivity contribution in [2.45, 2.75) is 64.2 Å². The van der Waals surface area contributed by atoms with Crippen LogP contribution in [0.25, 0.3) is 11.1 Å². The zero-order valence-corrected chi connectivity index (χ0v) is 31.7. The van der Waals surface area contributed by atoms with Crippen molar-refractivity contribution in [1.29, 1.82) is 0 Å². The van der Waals surface area contributed by atoms with Crippen molar-refractivity contribution in [2.75, 3.05) is 9.80 Å². The van der Waals surface area contributed by atoms with Gasteiger partial charge in [-0.25, -0.2) is 0 Å². The van der Waals surface area contributed by atoms with Gasteiger partial charge in [0.2, 0.25) is 0 Å². The lowest BCUT2D eigenvalue weighted by molar-refractivity contribution is 0.507. The van der Waals surface area contributed by atoms with Crippen LogP contribution in [-0.2, 0) is 23.7 Å². The average Bonchev–Trinajstić information content (AvgIpc) is 3.83. The molecule has 0 heterocycles. The fraction of sp³-hybridized carbons (Fsp3) is 0.192. The first kappa shape index (κ1) is 32.8. The first-order chi connectivity index (χ1) is 26.3. The predicted octanol–water partition coefficient (Wildman–Crippen LogP) is 13.7. The van der Waals surface area contributed by atoms with Crippen LogP contribution in [0.15, 0.2) is 158 Å². The van der Waals surface area contributed by atoms with Gasteiger partial charge in [0.1, 0.15) is 0 Å². The zero-order chi connectivity index (χ0) is 36.6. The first-order valence-electron chi connectivity index (χ1n) is 19.6. The molecule has 264 valence electrons. The molecule has 7 aromatic carbocycles. The van der Waals surface area contributed by atoms with Gasteiger partial charge in [-0.3, -0.25) is 0 Å². The van der Waals surface area contributed by atoms with Gasteiger partial charge in [0, 0.05) is 45.0 Å². The highest BCUT2D eigenvalue weighted by atomic mass is 15.1. The Labute approximate surface area is 320 Å². The molecule has 3 aliphatic carbocycles. The Balaban J connectivity index is 1.11. The molecule has 0 amide bonds. The van der Waals surface area contributed by atoms with Crippen LogP contribution < -0.4 is 9.80 Å². The third kappa shape index (κ3) is 4.93. The number of rotatable bonds is 6. The lowest BCUT2D eigenvalue weighted by atomic mass is 9.76. The third-order valence-corrected chi connectivity index (χ3v) is 12.9. The van der Waals surface area contributed by atoms with Crippen molar-refractivity contribution in [2.24, 2.45) is 0 Å².